The first kappa shape index (κ1) is 35.2. The van der Waals surface area contributed by atoms with Crippen LogP contribution in [0.1, 0.15) is 42.5 Å². The second-order valence-corrected chi connectivity index (χ2v) is 17.5. The Morgan fingerprint density at radius 2 is 1.20 bits per heavy atom. The molecule has 2 aliphatic rings. The van der Waals surface area contributed by atoms with E-state index < -0.39 is 25.5 Å². The van der Waals surface area contributed by atoms with E-state index in [4.69, 9.17) is 23.2 Å². The van der Waals surface area contributed by atoms with Gasteiger partial charge in [0.25, 0.3) is 20.0 Å². The van der Waals surface area contributed by atoms with Gasteiger partial charge in [-0.2, -0.15) is 0 Å². The number of nitrogens with one attached hydrogen (secondary N) is 2. The number of hydrogen-bond donors (Lipinski definition) is 2. The van der Waals surface area contributed by atoms with Crippen molar-refractivity contribution in [2.24, 2.45) is 5.41 Å². The largest absolute Gasteiger partial charge is 0.338 e. The Hall–Kier alpha value is -3.61. The molecule has 0 saturated carbocycles. The zero-order chi connectivity index (χ0) is 35.0. The molecule has 2 N–H and O–H groups in total. The van der Waals surface area contributed by atoms with Gasteiger partial charge in [0.05, 0.1) is 21.2 Å². The van der Waals surface area contributed by atoms with Crippen LogP contribution in [0, 0.1) is 5.41 Å². The van der Waals surface area contributed by atoms with Crippen LogP contribution >= 0.6 is 23.2 Å². The minimum Gasteiger partial charge on any atom is -0.338 e. The van der Waals surface area contributed by atoms with Gasteiger partial charge >= 0.3 is 0 Å². The maximum absolute atomic E-state index is 13.9. The number of carbonyl (C=O) groups excluding carboxylic acids is 1. The fourth-order valence-corrected chi connectivity index (χ4v) is 8.91. The summed E-state index contributed by atoms with van der Waals surface area (Å²) in [6.45, 7) is 6.84. The number of sulfonamides is 2. The number of nitrogens with zero attached hydrogens (tertiary/aromatic N) is 2. The highest BCUT2D eigenvalue weighted by Crippen LogP contribution is 2.31. The maximum atomic E-state index is 13.9. The van der Waals surface area contributed by atoms with Crippen LogP contribution in [0.5, 0.6) is 0 Å². The summed E-state index contributed by atoms with van der Waals surface area (Å²) in [6.07, 6.45) is 2.03. The third-order valence-corrected chi connectivity index (χ3v) is 12.4. The van der Waals surface area contributed by atoms with Crippen molar-refractivity contribution in [3.8, 4) is 0 Å². The van der Waals surface area contributed by atoms with Crippen LogP contribution in [-0.2, 0) is 50.8 Å². The van der Waals surface area contributed by atoms with Crippen molar-refractivity contribution in [3.05, 3.63) is 117 Å². The molecule has 0 atom stereocenters. The van der Waals surface area contributed by atoms with Gasteiger partial charge in [0.1, 0.15) is 0 Å². The maximum Gasteiger partial charge on any atom is 0.261 e. The molecule has 2 aliphatic heterocycles. The van der Waals surface area contributed by atoms with Gasteiger partial charge in [0, 0.05) is 41.6 Å². The molecule has 0 spiro atoms. The molecular formula is C36H38Cl2N4O5S2. The molecular weight excluding hydrogens is 703 g/mol. The lowest BCUT2D eigenvalue weighted by molar-refractivity contribution is -0.142. The van der Waals surface area contributed by atoms with E-state index in [1.54, 1.807) is 72.8 Å². The van der Waals surface area contributed by atoms with Gasteiger partial charge in [-0.25, -0.2) is 16.8 Å². The van der Waals surface area contributed by atoms with Crippen LogP contribution in [0.4, 0.5) is 11.4 Å². The van der Waals surface area contributed by atoms with Crippen molar-refractivity contribution in [1.29, 1.82) is 0 Å². The standard InChI is InChI=1S/C36H38Cl2N4O5S2/c1-36(2,15-18-41-16-13-25-9-11-33(19-27(25)23-41)48(44,45)39-31-7-3-5-29(37)21-31)35(43)42-17-14-26-10-12-34(20-28(26)24-42)49(46,47)40-32-8-4-6-30(38)22-32/h3-12,19-22,39-40H,13-18,23-24H2,1-2H3. The minimum atomic E-state index is -3.86. The number of carbonyl (C=O) groups is 1. The van der Waals surface area contributed by atoms with Crippen LogP contribution in [0.25, 0.3) is 0 Å². The highest BCUT2D eigenvalue weighted by Gasteiger charge is 2.34. The molecule has 0 bridgehead atoms. The lowest BCUT2D eigenvalue weighted by Gasteiger charge is -2.37. The van der Waals surface area contributed by atoms with Crippen LogP contribution < -0.4 is 9.44 Å². The monoisotopic (exact) mass is 740 g/mol. The molecule has 0 aromatic heterocycles. The van der Waals surface area contributed by atoms with E-state index in [0.717, 1.165) is 35.2 Å². The summed E-state index contributed by atoms with van der Waals surface area (Å²) in [5.41, 5.74) is 4.01. The Morgan fingerprint density at radius 1 is 0.694 bits per heavy atom. The van der Waals surface area contributed by atoms with Crippen molar-refractivity contribution in [1.82, 2.24) is 9.80 Å². The Labute approximate surface area is 298 Å². The minimum absolute atomic E-state index is 0.0151. The SMILES string of the molecule is CC(C)(CCN1CCc2ccc(S(=O)(=O)Nc3cccc(Cl)c3)cc2C1)C(=O)N1CCc2ccc(S(=O)(=O)Nc3cccc(Cl)c3)cc2C1. The van der Waals surface area contributed by atoms with Crippen molar-refractivity contribution in [2.45, 2.75) is 56.0 Å². The quantitative estimate of drug-likeness (QED) is 0.182. The van der Waals surface area contributed by atoms with E-state index in [0.29, 0.717) is 60.4 Å². The first-order valence-corrected chi connectivity index (χ1v) is 19.7. The topological polar surface area (TPSA) is 116 Å². The number of amides is 1. The molecule has 4 aromatic carbocycles. The Balaban J connectivity index is 1.08. The van der Waals surface area contributed by atoms with Crippen LogP contribution in [-0.4, -0.2) is 52.2 Å². The molecule has 0 aliphatic carbocycles. The third kappa shape index (κ3) is 8.24. The molecule has 1 amide bonds. The Bertz CT molecular complexity index is 2120. The molecule has 9 nitrogen and oxygen atoms in total. The van der Waals surface area contributed by atoms with Gasteiger partial charge < -0.3 is 4.90 Å². The Kier molecular flexibility index (Phi) is 10.0. The number of hydrogen-bond acceptors (Lipinski definition) is 6. The van der Waals surface area contributed by atoms with Crippen molar-refractivity contribution < 1.29 is 21.6 Å². The summed E-state index contributed by atoms with van der Waals surface area (Å²) >= 11 is 12.1. The summed E-state index contributed by atoms with van der Waals surface area (Å²) in [7, 11) is -7.67. The Morgan fingerprint density at radius 3 is 1.73 bits per heavy atom. The average Bonchev–Trinajstić information content (AvgIpc) is 3.05. The number of fused-ring (bicyclic) bond motifs is 2. The summed E-state index contributed by atoms with van der Waals surface area (Å²) in [4.78, 5) is 18.3. The van der Waals surface area contributed by atoms with Crippen molar-refractivity contribution in [3.63, 3.8) is 0 Å². The van der Waals surface area contributed by atoms with Gasteiger partial charge in [0.15, 0.2) is 0 Å². The summed E-state index contributed by atoms with van der Waals surface area (Å²) < 4.78 is 57.8. The predicted molar refractivity (Wildman–Crippen MR) is 194 cm³/mol. The number of halogens is 2. The first-order valence-electron chi connectivity index (χ1n) is 16.0. The van der Waals surface area contributed by atoms with Crippen LogP contribution in [0.2, 0.25) is 10.0 Å². The van der Waals surface area contributed by atoms with Crippen LogP contribution in [0.3, 0.4) is 0 Å². The van der Waals surface area contributed by atoms with Gasteiger partial charge in [-0.1, -0.05) is 61.3 Å². The molecule has 4 aromatic rings. The fraction of sp³-hybridized carbons (Fsp3) is 0.306. The van der Waals surface area contributed by atoms with E-state index in [2.05, 4.69) is 14.3 Å². The van der Waals surface area contributed by atoms with E-state index in [1.165, 1.54) is 0 Å². The normalized spacial score (nSPS) is 15.3. The fourth-order valence-electron chi connectivity index (χ4n) is 6.33. The molecule has 2 heterocycles. The number of anilines is 2. The molecule has 13 heteroatoms. The summed E-state index contributed by atoms with van der Waals surface area (Å²) in [6, 6.07) is 23.4. The van der Waals surface area contributed by atoms with Crippen molar-refractivity contribution in [2.75, 3.05) is 29.1 Å². The van der Waals surface area contributed by atoms with E-state index in [-0.39, 0.29) is 15.7 Å². The number of benzene rings is 4. The molecule has 49 heavy (non-hydrogen) atoms. The molecule has 6 rings (SSSR count). The molecule has 0 unspecified atom stereocenters. The molecule has 0 saturated heterocycles. The van der Waals surface area contributed by atoms with E-state index in [1.807, 2.05) is 30.9 Å². The predicted octanol–water partition coefficient (Wildman–Crippen LogP) is 6.95. The van der Waals surface area contributed by atoms with Gasteiger partial charge in [-0.15, -0.1) is 0 Å². The second-order valence-electron chi connectivity index (χ2n) is 13.2. The zero-order valence-electron chi connectivity index (χ0n) is 27.2. The summed E-state index contributed by atoms with van der Waals surface area (Å²) in [5, 5.41) is 0.867. The van der Waals surface area contributed by atoms with Crippen LogP contribution in [0.15, 0.2) is 94.7 Å². The smallest absolute Gasteiger partial charge is 0.261 e. The van der Waals surface area contributed by atoms with E-state index in [9.17, 15) is 21.6 Å². The first-order chi connectivity index (χ1) is 23.2. The third-order valence-electron chi connectivity index (χ3n) is 9.15. The lowest BCUT2D eigenvalue weighted by atomic mass is 9.85. The van der Waals surface area contributed by atoms with Crippen molar-refractivity contribution >= 4 is 60.5 Å². The highest BCUT2D eigenvalue weighted by atomic mass is 35.5. The van der Waals surface area contributed by atoms with Gasteiger partial charge in [0.2, 0.25) is 5.91 Å². The summed E-state index contributed by atoms with van der Waals surface area (Å²) in [5.74, 6) is 0.0151. The lowest BCUT2D eigenvalue weighted by Crippen LogP contribution is -2.45. The second kappa shape index (κ2) is 14.0. The average molecular weight is 742 g/mol. The highest BCUT2D eigenvalue weighted by molar-refractivity contribution is 7.93. The number of rotatable bonds is 10. The van der Waals surface area contributed by atoms with E-state index >= 15 is 0 Å². The van der Waals surface area contributed by atoms with Gasteiger partial charge in [-0.3, -0.25) is 19.1 Å². The molecule has 0 fully saturated rings. The molecule has 258 valence electrons. The van der Waals surface area contributed by atoms with Gasteiger partial charge in [-0.05, 0) is 109 Å². The zero-order valence-corrected chi connectivity index (χ0v) is 30.4. The molecule has 0 radical (unpaired) electrons.